The number of hydrogen-bond donors (Lipinski definition) is 3. The van der Waals surface area contributed by atoms with Gasteiger partial charge in [-0.25, -0.2) is 23.1 Å². The van der Waals surface area contributed by atoms with Gasteiger partial charge in [0.25, 0.3) is 0 Å². The Morgan fingerprint density at radius 2 is 1.74 bits per heavy atom. The summed E-state index contributed by atoms with van der Waals surface area (Å²) in [4.78, 5) is 8.46. The van der Waals surface area contributed by atoms with Crippen LogP contribution in [0.25, 0.3) is 0 Å². The third-order valence-corrected chi connectivity index (χ3v) is 3.75. The molecule has 7 nitrogen and oxygen atoms in total. The molecule has 1 aromatic rings. The van der Waals surface area contributed by atoms with Crippen LogP contribution in [0.2, 0.25) is 0 Å². The van der Waals surface area contributed by atoms with E-state index in [9.17, 15) is 8.42 Å². The van der Waals surface area contributed by atoms with Gasteiger partial charge in [0.05, 0.1) is 5.75 Å². The summed E-state index contributed by atoms with van der Waals surface area (Å²) in [5, 5.41) is 6.15. The Morgan fingerprint density at radius 1 is 1.16 bits per heavy atom. The molecule has 1 aromatic heterocycles. The zero-order valence-electron chi connectivity index (χ0n) is 11.5. The second kappa shape index (κ2) is 7.25. The Labute approximate surface area is 114 Å². The van der Waals surface area contributed by atoms with Crippen LogP contribution in [-0.2, 0) is 10.0 Å². The van der Waals surface area contributed by atoms with Crippen molar-refractivity contribution in [3.63, 3.8) is 0 Å². The highest BCUT2D eigenvalue weighted by atomic mass is 32.2. The van der Waals surface area contributed by atoms with E-state index in [-0.39, 0.29) is 5.75 Å². The third-order valence-electron chi connectivity index (χ3n) is 2.38. The molecule has 0 aliphatic heterocycles. The molecule has 0 saturated heterocycles. The van der Waals surface area contributed by atoms with Crippen molar-refractivity contribution in [3.05, 3.63) is 11.9 Å². The third kappa shape index (κ3) is 5.84. The second-order valence-electron chi connectivity index (χ2n) is 4.06. The minimum absolute atomic E-state index is 0.00424. The molecule has 0 spiro atoms. The Balaban J connectivity index is 2.60. The van der Waals surface area contributed by atoms with Gasteiger partial charge in [0.1, 0.15) is 17.5 Å². The highest BCUT2D eigenvalue weighted by molar-refractivity contribution is 7.89. The lowest BCUT2D eigenvalue weighted by Crippen LogP contribution is -2.26. The van der Waals surface area contributed by atoms with Crippen LogP contribution in [0.15, 0.2) is 6.07 Å². The molecule has 19 heavy (non-hydrogen) atoms. The molecule has 8 heteroatoms. The van der Waals surface area contributed by atoms with Crippen LogP contribution in [0.3, 0.4) is 0 Å². The predicted octanol–water partition coefficient (Wildman–Crippen LogP) is 0.568. The summed E-state index contributed by atoms with van der Waals surface area (Å²) in [5.74, 6) is 2.01. The van der Waals surface area contributed by atoms with Gasteiger partial charge < -0.3 is 10.6 Å². The van der Waals surface area contributed by atoms with Crippen molar-refractivity contribution in [2.45, 2.75) is 20.3 Å². The van der Waals surface area contributed by atoms with Crippen molar-refractivity contribution >= 4 is 21.7 Å². The number of aryl methyl sites for hydroxylation is 1. The van der Waals surface area contributed by atoms with Crippen LogP contribution in [0.1, 0.15) is 19.2 Å². The van der Waals surface area contributed by atoms with Gasteiger partial charge in [-0.1, -0.05) is 6.92 Å². The lowest BCUT2D eigenvalue weighted by molar-refractivity contribution is 0.588. The lowest BCUT2D eigenvalue weighted by atomic mass is 10.4. The average Bonchev–Trinajstić information content (AvgIpc) is 2.35. The second-order valence-corrected chi connectivity index (χ2v) is 6.11. The zero-order chi connectivity index (χ0) is 14.3. The van der Waals surface area contributed by atoms with Crippen molar-refractivity contribution in [2.75, 3.05) is 36.5 Å². The molecule has 0 atom stereocenters. The van der Waals surface area contributed by atoms with Gasteiger partial charge in [-0.15, -0.1) is 0 Å². The first kappa shape index (κ1) is 15.6. The van der Waals surface area contributed by atoms with E-state index in [2.05, 4.69) is 32.2 Å². The number of nitrogens with one attached hydrogen (secondary N) is 3. The average molecular weight is 287 g/mol. The number of nitrogens with zero attached hydrogens (tertiary/aromatic N) is 2. The van der Waals surface area contributed by atoms with E-state index in [4.69, 9.17) is 0 Å². The van der Waals surface area contributed by atoms with Crippen LogP contribution >= 0.6 is 0 Å². The Bertz CT molecular complexity index is 504. The molecule has 3 N–H and O–H groups in total. The summed E-state index contributed by atoms with van der Waals surface area (Å²) in [6.07, 6.45) is 1.01. The summed E-state index contributed by atoms with van der Waals surface area (Å²) < 4.78 is 24.8. The summed E-state index contributed by atoms with van der Waals surface area (Å²) in [7, 11) is -1.80. The standard InChI is InChI=1S/C11H21N5O2S/c1-4-5-13-10-8-11(16-9(2)15-10)14-6-7-19(17,18)12-3/h8,12H,4-7H2,1-3H3,(H2,13,14,15,16). The number of aromatic nitrogens is 2. The first-order valence-electron chi connectivity index (χ1n) is 6.21. The van der Waals surface area contributed by atoms with E-state index in [0.717, 1.165) is 18.8 Å². The quantitative estimate of drug-likeness (QED) is 0.647. The van der Waals surface area contributed by atoms with E-state index in [0.29, 0.717) is 18.2 Å². The minimum Gasteiger partial charge on any atom is -0.370 e. The molecule has 0 radical (unpaired) electrons. The molecular formula is C11H21N5O2S. The first-order valence-corrected chi connectivity index (χ1v) is 7.86. The van der Waals surface area contributed by atoms with Gasteiger partial charge in [0.2, 0.25) is 10.0 Å². The van der Waals surface area contributed by atoms with Gasteiger partial charge in [0, 0.05) is 19.2 Å². The molecule has 1 heterocycles. The number of anilines is 2. The maximum absolute atomic E-state index is 11.3. The maximum Gasteiger partial charge on any atom is 0.213 e. The normalized spacial score (nSPS) is 11.3. The summed E-state index contributed by atoms with van der Waals surface area (Å²) in [6, 6.07) is 1.77. The molecule has 0 saturated carbocycles. The molecule has 0 bridgehead atoms. The fourth-order valence-corrected chi connectivity index (χ4v) is 1.99. The van der Waals surface area contributed by atoms with Crippen LogP contribution in [0.5, 0.6) is 0 Å². The molecule has 0 fully saturated rings. The van der Waals surface area contributed by atoms with Crippen LogP contribution < -0.4 is 15.4 Å². The molecule has 0 amide bonds. The van der Waals surface area contributed by atoms with Crippen LogP contribution in [-0.4, -0.2) is 44.3 Å². The minimum atomic E-state index is -3.20. The van der Waals surface area contributed by atoms with Gasteiger partial charge in [-0.2, -0.15) is 0 Å². The summed E-state index contributed by atoms with van der Waals surface area (Å²) in [6.45, 7) is 5.01. The van der Waals surface area contributed by atoms with Gasteiger partial charge in [-0.05, 0) is 20.4 Å². The zero-order valence-corrected chi connectivity index (χ0v) is 12.3. The predicted molar refractivity (Wildman–Crippen MR) is 76.9 cm³/mol. The van der Waals surface area contributed by atoms with E-state index in [1.54, 1.807) is 13.0 Å². The van der Waals surface area contributed by atoms with Crippen molar-refractivity contribution in [1.29, 1.82) is 0 Å². The van der Waals surface area contributed by atoms with Gasteiger partial charge in [-0.3, -0.25) is 0 Å². The van der Waals surface area contributed by atoms with Crippen molar-refractivity contribution in [3.8, 4) is 0 Å². The molecule has 1 rings (SSSR count). The monoisotopic (exact) mass is 287 g/mol. The van der Waals surface area contributed by atoms with Crippen LogP contribution in [0, 0.1) is 6.92 Å². The fraction of sp³-hybridized carbons (Fsp3) is 0.636. The highest BCUT2D eigenvalue weighted by Gasteiger charge is 2.07. The summed E-state index contributed by atoms with van der Waals surface area (Å²) >= 11 is 0. The SMILES string of the molecule is CCCNc1cc(NCCS(=O)(=O)NC)nc(C)n1. The first-order chi connectivity index (χ1) is 8.96. The number of rotatable bonds is 8. The van der Waals surface area contributed by atoms with E-state index in [1.165, 1.54) is 7.05 Å². The highest BCUT2D eigenvalue weighted by Crippen LogP contribution is 2.10. The van der Waals surface area contributed by atoms with Gasteiger partial charge >= 0.3 is 0 Å². The Kier molecular flexibility index (Phi) is 5.97. The number of sulfonamides is 1. The fourth-order valence-electron chi connectivity index (χ4n) is 1.42. The van der Waals surface area contributed by atoms with E-state index < -0.39 is 10.0 Å². The van der Waals surface area contributed by atoms with Crippen molar-refractivity contribution < 1.29 is 8.42 Å². The topological polar surface area (TPSA) is 96.0 Å². The Hall–Kier alpha value is -1.41. The number of hydrogen-bond acceptors (Lipinski definition) is 6. The lowest BCUT2D eigenvalue weighted by Gasteiger charge is -2.09. The molecule has 0 aromatic carbocycles. The van der Waals surface area contributed by atoms with Gasteiger partial charge in [0.15, 0.2) is 0 Å². The largest absolute Gasteiger partial charge is 0.370 e. The molecular weight excluding hydrogens is 266 g/mol. The summed E-state index contributed by atoms with van der Waals surface area (Å²) in [5.41, 5.74) is 0. The molecule has 0 aliphatic carbocycles. The molecule has 108 valence electrons. The van der Waals surface area contributed by atoms with Crippen molar-refractivity contribution in [1.82, 2.24) is 14.7 Å². The van der Waals surface area contributed by atoms with Crippen LogP contribution in [0.4, 0.5) is 11.6 Å². The van der Waals surface area contributed by atoms with E-state index >= 15 is 0 Å². The molecule has 0 aliphatic rings. The smallest absolute Gasteiger partial charge is 0.213 e. The maximum atomic E-state index is 11.3. The Morgan fingerprint density at radius 3 is 2.26 bits per heavy atom. The van der Waals surface area contributed by atoms with E-state index in [1.807, 2.05) is 0 Å². The van der Waals surface area contributed by atoms with Crippen molar-refractivity contribution in [2.24, 2.45) is 0 Å². The molecule has 0 unspecified atom stereocenters.